The van der Waals surface area contributed by atoms with Crippen molar-refractivity contribution in [3.05, 3.63) is 138 Å². The van der Waals surface area contributed by atoms with Crippen LogP contribution in [0, 0.1) is 11.3 Å². The monoisotopic (exact) mass is 1070 g/mol. The van der Waals surface area contributed by atoms with Crippen LogP contribution in [0.3, 0.4) is 0 Å². The number of hydrogen-bond acceptors (Lipinski definition) is 14. The van der Waals surface area contributed by atoms with E-state index in [1.165, 1.54) is 6.33 Å². The lowest BCUT2D eigenvalue weighted by Gasteiger charge is -2.42. The van der Waals surface area contributed by atoms with E-state index >= 15 is 0 Å². The molecule has 0 bridgehead atoms. The highest BCUT2D eigenvalue weighted by Crippen LogP contribution is 2.53. The number of benzene rings is 4. The molecule has 2 aromatic heterocycles. The predicted octanol–water partition coefficient (Wildman–Crippen LogP) is 12.1. The van der Waals surface area contributed by atoms with Crippen LogP contribution in [0.4, 0.5) is 5.82 Å². The molecule has 76 heavy (non-hydrogen) atoms. The molecule has 5 atom stereocenters. The molecular weight excluding hydrogens is 998 g/mol. The fourth-order valence-corrected chi connectivity index (χ4v) is 12.1. The standard InChI is InChI=1S/C58H76N7O9PSi/c1-39(2)65(40(3)4)75(71-34-18-33-59)73-51-48(35-70-58(42-19-16-15-17-20-42,43-23-27-45(67-11)28-24-43)44-25-29-46(68-12)30-26-44)72-55(52(51)74-76(13,14)57(8,9)10)64-38-62-50-53(60-37-61-54(50)64)63-49(66)36-69-47-31-21-41(22-32-47)56(5,6)7/h15-17,19-32,37-40,48,51-52,55H,18,34-36H2,1-14H3,(H,60,61,63,66). The number of fused-ring (bicyclic) bond motifs is 1. The molecule has 0 saturated carbocycles. The lowest BCUT2D eigenvalue weighted by atomic mass is 9.80. The van der Waals surface area contributed by atoms with E-state index in [0.29, 0.717) is 28.4 Å². The highest BCUT2D eigenvalue weighted by Gasteiger charge is 2.54. The van der Waals surface area contributed by atoms with Crippen LogP contribution < -0.4 is 19.5 Å². The summed E-state index contributed by atoms with van der Waals surface area (Å²) in [7, 11) is -1.24. The number of rotatable bonds is 23. The molecule has 7 rings (SSSR count). The number of carbonyl (C=O) groups excluding carboxylic acids is 1. The van der Waals surface area contributed by atoms with Crippen molar-refractivity contribution in [2.75, 3.05) is 39.4 Å². The minimum absolute atomic E-state index is 0.000935. The average molecular weight is 1070 g/mol. The zero-order valence-electron chi connectivity index (χ0n) is 46.6. The fourth-order valence-electron chi connectivity index (χ4n) is 9.01. The molecule has 1 fully saturated rings. The molecule has 1 aliphatic rings. The van der Waals surface area contributed by atoms with E-state index in [1.807, 2.05) is 95.6 Å². The molecular formula is C58H76N7O9PSi. The van der Waals surface area contributed by atoms with Crippen LogP contribution in [0.1, 0.15) is 104 Å². The number of aromatic nitrogens is 4. The average Bonchev–Trinajstić information content (AvgIpc) is 4.00. The molecule has 4 aromatic carbocycles. The highest BCUT2D eigenvalue weighted by atomic mass is 31.2. The Bertz CT molecular complexity index is 2810. The molecule has 406 valence electrons. The van der Waals surface area contributed by atoms with Crippen molar-refractivity contribution in [2.45, 2.75) is 141 Å². The van der Waals surface area contributed by atoms with Crippen LogP contribution in [0.2, 0.25) is 18.1 Å². The van der Waals surface area contributed by atoms with Crippen molar-refractivity contribution in [1.82, 2.24) is 24.2 Å². The van der Waals surface area contributed by atoms with Crippen molar-refractivity contribution in [2.24, 2.45) is 0 Å². The summed E-state index contributed by atoms with van der Waals surface area (Å²) in [5.74, 6) is 1.75. The van der Waals surface area contributed by atoms with Gasteiger partial charge < -0.3 is 42.5 Å². The van der Waals surface area contributed by atoms with E-state index in [1.54, 1.807) is 20.5 Å². The van der Waals surface area contributed by atoms with Crippen molar-refractivity contribution in [3.8, 4) is 23.3 Å². The van der Waals surface area contributed by atoms with E-state index < -0.39 is 52.9 Å². The van der Waals surface area contributed by atoms with E-state index in [9.17, 15) is 10.1 Å². The first-order chi connectivity index (χ1) is 36.1. The molecule has 3 heterocycles. The second kappa shape index (κ2) is 24.7. The molecule has 1 aliphatic heterocycles. The number of carbonyl (C=O) groups is 1. The molecule has 18 heteroatoms. The molecule has 5 unspecified atom stereocenters. The quantitative estimate of drug-likeness (QED) is 0.0278. The summed E-state index contributed by atoms with van der Waals surface area (Å²) in [5.41, 5.74) is 3.21. The van der Waals surface area contributed by atoms with Gasteiger partial charge in [-0.05, 0) is 110 Å². The number of ether oxygens (including phenoxy) is 5. The van der Waals surface area contributed by atoms with Gasteiger partial charge in [0.15, 0.2) is 38.1 Å². The van der Waals surface area contributed by atoms with Crippen molar-refractivity contribution < 1.29 is 42.0 Å². The van der Waals surface area contributed by atoms with E-state index in [4.69, 9.17) is 47.1 Å². The first kappa shape index (κ1) is 57.9. The summed E-state index contributed by atoms with van der Waals surface area (Å²) < 4.78 is 57.8. The van der Waals surface area contributed by atoms with Gasteiger partial charge in [-0.3, -0.25) is 9.36 Å². The van der Waals surface area contributed by atoms with Crippen LogP contribution in [-0.4, -0.2) is 103 Å². The third kappa shape index (κ3) is 13.1. The Balaban J connectivity index is 1.35. The molecule has 16 nitrogen and oxygen atoms in total. The number of nitriles is 1. The summed E-state index contributed by atoms with van der Waals surface area (Å²) in [6.45, 7) is 25.7. The van der Waals surface area contributed by atoms with E-state index in [0.717, 1.165) is 22.3 Å². The molecule has 0 radical (unpaired) electrons. The number of methoxy groups -OCH3 is 2. The summed E-state index contributed by atoms with van der Waals surface area (Å²) >= 11 is 0. The highest BCUT2D eigenvalue weighted by molar-refractivity contribution is 7.44. The Morgan fingerprint density at radius 3 is 1.89 bits per heavy atom. The minimum atomic E-state index is -2.69. The zero-order chi connectivity index (χ0) is 55.0. The van der Waals surface area contributed by atoms with E-state index in [2.05, 4.69) is 116 Å². The third-order valence-corrected chi connectivity index (χ3v) is 20.6. The van der Waals surface area contributed by atoms with Crippen LogP contribution in [0.15, 0.2) is 116 Å². The van der Waals surface area contributed by atoms with Crippen molar-refractivity contribution >= 4 is 39.7 Å². The number of nitrogens with zero attached hydrogens (tertiary/aromatic N) is 6. The Hall–Kier alpha value is -5.80. The van der Waals surface area contributed by atoms with Gasteiger partial charge in [0.05, 0.1) is 46.3 Å². The van der Waals surface area contributed by atoms with Crippen LogP contribution in [0.5, 0.6) is 17.2 Å². The summed E-state index contributed by atoms with van der Waals surface area (Å²) in [5, 5.41) is 12.4. The summed E-state index contributed by atoms with van der Waals surface area (Å²) in [4.78, 5) is 27.6. The molecule has 6 aromatic rings. The maximum Gasteiger partial charge on any atom is 0.263 e. The van der Waals surface area contributed by atoms with Gasteiger partial charge in [-0.1, -0.05) is 108 Å². The molecule has 0 spiro atoms. The van der Waals surface area contributed by atoms with Gasteiger partial charge in [-0.25, -0.2) is 19.6 Å². The summed E-state index contributed by atoms with van der Waals surface area (Å²) in [6, 6.07) is 35.8. The van der Waals surface area contributed by atoms with Gasteiger partial charge in [0.25, 0.3) is 14.4 Å². The van der Waals surface area contributed by atoms with Crippen LogP contribution in [-0.2, 0) is 38.8 Å². The maximum atomic E-state index is 13.5. The SMILES string of the molecule is COc1ccc(C(OCC2OC(n3cnc4c(NC(=O)COc5ccc(C(C)(C)C)cc5)ncnc43)C(O[Si](C)(C)C(C)(C)C)C2OP(OCCC#N)N(C(C)C)C(C)C)(c2ccccc2)c2ccc(OC)cc2)cc1. The molecule has 1 N–H and O–H groups in total. The maximum absolute atomic E-state index is 13.5. The lowest BCUT2D eigenvalue weighted by molar-refractivity contribution is -0.118. The second-order valence-electron chi connectivity index (χ2n) is 22.0. The third-order valence-electron chi connectivity index (χ3n) is 14.0. The normalized spacial score (nSPS) is 17.8. The number of amides is 1. The Labute approximate surface area is 451 Å². The van der Waals surface area contributed by atoms with Gasteiger partial charge in [0.1, 0.15) is 47.5 Å². The topological polar surface area (TPSA) is 174 Å². The second-order valence-corrected chi connectivity index (χ2v) is 28.2. The van der Waals surface area contributed by atoms with Gasteiger partial charge in [0.2, 0.25) is 0 Å². The van der Waals surface area contributed by atoms with Crippen molar-refractivity contribution in [3.63, 3.8) is 0 Å². The molecule has 1 amide bonds. The van der Waals surface area contributed by atoms with Crippen LogP contribution >= 0.6 is 8.53 Å². The molecule has 1 saturated heterocycles. The largest absolute Gasteiger partial charge is 0.497 e. The predicted molar refractivity (Wildman–Crippen MR) is 299 cm³/mol. The van der Waals surface area contributed by atoms with Gasteiger partial charge >= 0.3 is 0 Å². The van der Waals surface area contributed by atoms with Gasteiger partial charge in [-0.2, -0.15) is 5.26 Å². The first-order valence-corrected chi connectivity index (χ1v) is 29.9. The van der Waals surface area contributed by atoms with Gasteiger partial charge in [0, 0.05) is 12.1 Å². The Morgan fingerprint density at radius 1 is 0.789 bits per heavy atom. The number of nitrogens with one attached hydrogen (secondary N) is 1. The van der Waals surface area contributed by atoms with E-state index in [-0.39, 0.29) is 54.6 Å². The molecule has 0 aliphatic carbocycles. The smallest absolute Gasteiger partial charge is 0.263 e. The van der Waals surface area contributed by atoms with Crippen molar-refractivity contribution in [1.29, 1.82) is 5.26 Å². The number of hydrogen-bond donors (Lipinski definition) is 1. The van der Waals surface area contributed by atoms with Gasteiger partial charge in [-0.15, -0.1) is 0 Å². The number of anilines is 1. The Kier molecular flexibility index (Phi) is 18.8. The fraction of sp³-hybridized carbons (Fsp3) is 0.466. The lowest BCUT2D eigenvalue weighted by Crippen LogP contribution is -2.50. The number of imidazole rings is 1. The first-order valence-electron chi connectivity index (χ1n) is 25.9. The zero-order valence-corrected chi connectivity index (χ0v) is 48.5. The van der Waals surface area contributed by atoms with Crippen LogP contribution in [0.25, 0.3) is 11.2 Å². The minimum Gasteiger partial charge on any atom is -0.497 e. The summed E-state index contributed by atoms with van der Waals surface area (Å²) in [6.07, 6.45) is -0.147. The Morgan fingerprint density at radius 2 is 1.36 bits per heavy atom.